The lowest BCUT2D eigenvalue weighted by molar-refractivity contribution is -0.305. The van der Waals surface area contributed by atoms with E-state index in [0.717, 1.165) is 89.9 Å². The molecule has 10 nitrogen and oxygen atoms in total. The number of carbonyl (C=O) groups is 2. The molecule has 55 heavy (non-hydrogen) atoms. The largest absolute Gasteiger partial charge is 0.462 e. The molecule has 4 N–H and O–H groups in total. The summed E-state index contributed by atoms with van der Waals surface area (Å²) < 4.78 is 22.0. The lowest BCUT2D eigenvalue weighted by Gasteiger charge is -2.39. The molecule has 0 amide bonds. The van der Waals surface area contributed by atoms with Crippen LogP contribution >= 0.6 is 0 Å². The van der Waals surface area contributed by atoms with Crippen molar-refractivity contribution in [2.75, 3.05) is 19.8 Å². The Morgan fingerprint density at radius 3 is 1.56 bits per heavy atom. The van der Waals surface area contributed by atoms with Gasteiger partial charge in [0.05, 0.1) is 13.2 Å². The van der Waals surface area contributed by atoms with Crippen LogP contribution in [0.2, 0.25) is 0 Å². The monoisotopic (exact) mass is 773 g/mol. The Kier molecular flexibility index (Phi) is 32.0. The van der Waals surface area contributed by atoms with Crippen LogP contribution in [0.1, 0.15) is 129 Å². The van der Waals surface area contributed by atoms with Gasteiger partial charge in [0.2, 0.25) is 0 Å². The molecule has 0 saturated carbocycles. The van der Waals surface area contributed by atoms with Gasteiger partial charge in [0.25, 0.3) is 0 Å². The zero-order valence-corrected chi connectivity index (χ0v) is 33.6. The second-order valence-electron chi connectivity index (χ2n) is 13.7. The van der Waals surface area contributed by atoms with Gasteiger partial charge in [-0.05, 0) is 83.5 Å². The molecule has 0 aromatic carbocycles. The first-order chi connectivity index (χ1) is 26.8. The number of unbranched alkanes of at least 4 members (excludes halogenated alkanes) is 7. The van der Waals surface area contributed by atoms with Gasteiger partial charge in [-0.25, -0.2) is 0 Å². The Labute approximate surface area is 331 Å². The van der Waals surface area contributed by atoms with E-state index in [4.69, 9.17) is 18.9 Å². The molecule has 0 radical (unpaired) electrons. The zero-order chi connectivity index (χ0) is 40.2. The molecule has 1 aliphatic rings. The standard InChI is InChI=1S/C45H72O10/c1-3-5-7-9-11-13-15-17-19-21-23-25-27-29-31-33-40(47)52-36-38(37-53-45-44(51)43(50)42(49)39(35-46)55-45)54-41(48)34-32-30-28-26-24-22-20-18-16-14-12-10-8-6-4-2/h5-8,11-14,17-20,24,26,38-39,42-46,49-51H,3-4,9-10,15-16,21-23,25,27-37H2,1-2H3/b7-5-,8-6-,13-11-,14-12-,19-17-,20-18-,26-24-/t38-,39?,42+,43-,44-,45-/m1/s1. The van der Waals surface area contributed by atoms with Gasteiger partial charge in [0.1, 0.15) is 31.0 Å². The average molecular weight is 773 g/mol. The van der Waals surface area contributed by atoms with Crippen molar-refractivity contribution < 1.29 is 49.0 Å². The molecule has 0 spiro atoms. The van der Waals surface area contributed by atoms with Crippen LogP contribution in [0.15, 0.2) is 85.1 Å². The van der Waals surface area contributed by atoms with Crippen molar-refractivity contribution in [2.24, 2.45) is 0 Å². The van der Waals surface area contributed by atoms with Gasteiger partial charge in [-0.2, -0.15) is 0 Å². The summed E-state index contributed by atoms with van der Waals surface area (Å²) in [7, 11) is 0. The second kappa shape index (κ2) is 35.3. The molecule has 1 aliphatic heterocycles. The summed E-state index contributed by atoms with van der Waals surface area (Å²) >= 11 is 0. The van der Waals surface area contributed by atoms with Crippen LogP contribution in [0.4, 0.5) is 0 Å². The summed E-state index contributed by atoms with van der Waals surface area (Å²) in [6.07, 6.45) is 37.3. The molecule has 1 saturated heterocycles. The van der Waals surface area contributed by atoms with Crippen LogP contribution in [-0.4, -0.2) is 89.0 Å². The Morgan fingerprint density at radius 2 is 1.02 bits per heavy atom. The highest BCUT2D eigenvalue weighted by atomic mass is 16.7. The summed E-state index contributed by atoms with van der Waals surface area (Å²) in [6, 6.07) is 0. The van der Waals surface area contributed by atoms with Gasteiger partial charge >= 0.3 is 11.9 Å². The van der Waals surface area contributed by atoms with E-state index in [1.807, 2.05) is 0 Å². The topological polar surface area (TPSA) is 152 Å². The van der Waals surface area contributed by atoms with E-state index in [1.165, 1.54) is 0 Å². The first-order valence-corrected chi connectivity index (χ1v) is 20.7. The summed E-state index contributed by atoms with van der Waals surface area (Å²) in [5, 5.41) is 40.0. The number of hydrogen-bond acceptors (Lipinski definition) is 10. The number of allylic oxidation sites excluding steroid dienone is 14. The van der Waals surface area contributed by atoms with Crippen LogP contribution in [0.5, 0.6) is 0 Å². The molecular weight excluding hydrogens is 700 g/mol. The molecule has 0 bridgehead atoms. The molecule has 1 unspecified atom stereocenters. The summed E-state index contributed by atoms with van der Waals surface area (Å²) in [5.41, 5.74) is 0. The van der Waals surface area contributed by atoms with E-state index in [2.05, 4.69) is 98.9 Å². The minimum atomic E-state index is -1.61. The van der Waals surface area contributed by atoms with E-state index in [0.29, 0.717) is 12.8 Å². The van der Waals surface area contributed by atoms with Crippen molar-refractivity contribution in [1.29, 1.82) is 0 Å². The Bertz CT molecular complexity index is 1170. The number of esters is 2. The number of hydrogen-bond donors (Lipinski definition) is 4. The van der Waals surface area contributed by atoms with Crippen molar-refractivity contribution in [3.63, 3.8) is 0 Å². The molecule has 1 rings (SSSR count). The quantitative estimate of drug-likeness (QED) is 0.0299. The molecule has 1 fully saturated rings. The van der Waals surface area contributed by atoms with Crippen LogP contribution in [-0.2, 0) is 28.5 Å². The van der Waals surface area contributed by atoms with Crippen LogP contribution < -0.4 is 0 Å². The molecule has 0 aliphatic carbocycles. The molecule has 6 atom stereocenters. The number of rotatable bonds is 32. The maximum absolute atomic E-state index is 12.7. The van der Waals surface area contributed by atoms with E-state index in [1.54, 1.807) is 0 Å². The van der Waals surface area contributed by atoms with Gasteiger partial charge in [-0.1, -0.05) is 118 Å². The number of aliphatic hydroxyl groups is 4. The van der Waals surface area contributed by atoms with Gasteiger partial charge < -0.3 is 39.4 Å². The van der Waals surface area contributed by atoms with E-state index in [-0.39, 0.29) is 26.1 Å². The fourth-order valence-corrected chi connectivity index (χ4v) is 5.54. The fraction of sp³-hybridized carbons (Fsp3) is 0.644. The summed E-state index contributed by atoms with van der Waals surface area (Å²) in [4.78, 5) is 25.2. The van der Waals surface area contributed by atoms with Crippen molar-refractivity contribution in [3.8, 4) is 0 Å². The smallest absolute Gasteiger partial charge is 0.306 e. The molecule has 10 heteroatoms. The first-order valence-electron chi connectivity index (χ1n) is 20.7. The number of ether oxygens (including phenoxy) is 4. The maximum Gasteiger partial charge on any atom is 0.306 e. The SMILES string of the molecule is CC/C=C\C/C=C\C/C=C\C/C=C\CCCCC(=O)O[C@H](COC(=O)CCCCCCC/C=C\C/C=C\C/C=C\CC)CO[C@@H]1OC(CO)[C@H](O)[C@@H](O)[C@H]1O. The minimum Gasteiger partial charge on any atom is -0.462 e. The highest BCUT2D eigenvalue weighted by Gasteiger charge is 2.44. The van der Waals surface area contributed by atoms with E-state index < -0.39 is 55.4 Å². The Hall–Kier alpha value is -3.12. The Balaban J connectivity index is 2.42. The molecule has 1 heterocycles. The van der Waals surface area contributed by atoms with Crippen molar-refractivity contribution in [1.82, 2.24) is 0 Å². The highest BCUT2D eigenvalue weighted by Crippen LogP contribution is 2.22. The van der Waals surface area contributed by atoms with Crippen molar-refractivity contribution in [2.45, 2.75) is 166 Å². The molecule has 312 valence electrons. The van der Waals surface area contributed by atoms with Gasteiger partial charge in [-0.15, -0.1) is 0 Å². The van der Waals surface area contributed by atoms with Crippen LogP contribution in [0.25, 0.3) is 0 Å². The maximum atomic E-state index is 12.7. The van der Waals surface area contributed by atoms with Gasteiger partial charge in [0, 0.05) is 12.8 Å². The molecular formula is C45H72O10. The second-order valence-corrected chi connectivity index (χ2v) is 13.7. The van der Waals surface area contributed by atoms with E-state index >= 15 is 0 Å². The highest BCUT2D eigenvalue weighted by molar-refractivity contribution is 5.70. The average Bonchev–Trinajstić information content (AvgIpc) is 3.18. The minimum absolute atomic E-state index is 0.168. The zero-order valence-electron chi connectivity index (χ0n) is 33.6. The lowest BCUT2D eigenvalue weighted by Crippen LogP contribution is -2.59. The third-order valence-corrected chi connectivity index (χ3v) is 8.78. The van der Waals surface area contributed by atoms with Gasteiger partial charge in [-0.3, -0.25) is 9.59 Å². The normalized spacial score (nSPS) is 21.5. The lowest BCUT2D eigenvalue weighted by atomic mass is 9.99. The third-order valence-electron chi connectivity index (χ3n) is 8.78. The fourth-order valence-electron chi connectivity index (χ4n) is 5.54. The van der Waals surface area contributed by atoms with Crippen molar-refractivity contribution >= 4 is 11.9 Å². The third kappa shape index (κ3) is 27.2. The molecule has 0 aromatic rings. The van der Waals surface area contributed by atoms with Crippen LogP contribution in [0, 0.1) is 0 Å². The number of carbonyl (C=O) groups excluding carboxylic acids is 2. The summed E-state index contributed by atoms with van der Waals surface area (Å²) in [5.74, 6) is -0.886. The first kappa shape index (κ1) is 49.9. The number of aliphatic hydroxyl groups excluding tert-OH is 4. The van der Waals surface area contributed by atoms with Crippen molar-refractivity contribution in [3.05, 3.63) is 85.1 Å². The predicted octanol–water partition coefficient (Wildman–Crippen LogP) is 8.21. The van der Waals surface area contributed by atoms with Crippen LogP contribution in [0.3, 0.4) is 0 Å². The van der Waals surface area contributed by atoms with Gasteiger partial charge in [0.15, 0.2) is 12.4 Å². The summed E-state index contributed by atoms with van der Waals surface area (Å²) in [6.45, 7) is 3.10. The predicted molar refractivity (Wildman–Crippen MR) is 219 cm³/mol. The van der Waals surface area contributed by atoms with E-state index in [9.17, 15) is 30.0 Å². The Morgan fingerprint density at radius 1 is 0.564 bits per heavy atom. The molecule has 0 aromatic heterocycles.